The number of aromatic carboxylic acids is 1. The number of aromatic nitrogens is 3. The topological polar surface area (TPSA) is 80.6 Å². The van der Waals surface area contributed by atoms with Gasteiger partial charge in [-0.3, -0.25) is 0 Å². The Morgan fingerprint density at radius 3 is 3.00 bits per heavy atom. The van der Waals surface area contributed by atoms with Crippen LogP contribution in [0.25, 0.3) is 5.65 Å². The van der Waals surface area contributed by atoms with Crippen LogP contribution in [0, 0.1) is 6.92 Å². The van der Waals surface area contributed by atoms with E-state index in [0.717, 1.165) is 16.2 Å². The van der Waals surface area contributed by atoms with E-state index in [0.29, 0.717) is 5.09 Å². The number of pyridine rings is 1. The Hall–Kier alpha value is -2.28. The zero-order valence-electron chi connectivity index (χ0n) is 9.90. The minimum Gasteiger partial charge on any atom is -0.475 e. The molecule has 0 saturated carbocycles. The molecule has 19 heavy (non-hydrogen) atoms. The standard InChI is InChI=1S/C12H9N3O3S/c1-7-4-9-13-6-14-15(9)10(5-7)19-11-3-2-8(18-11)12(16)17/h2-6H,1H3,(H,16,17). The van der Waals surface area contributed by atoms with Crippen LogP contribution >= 0.6 is 11.8 Å². The van der Waals surface area contributed by atoms with Crippen LogP contribution in [0.2, 0.25) is 0 Å². The monoisotopic (exact) mass is 275 g/mol. The number of nitrogens with zero attached hydrogens (tertiary/aromatic N) is 3. The van der Waals surface area contributed by atoms with Crippen LogP contribution in [-0.2, 0) is 0 Å². The summed E-state index contributed by atoms with van der Waals surface area (Å²) in [4.78, 5) is 14.9. The molecule has 3 aromatic heterocycles. The number of carboxylic acids is 1. The average Bonchev–Trinajstić information content (AvgIpc) is 2.96. The Kier molecular flexibility index (Phi) is 2.75. The van der Waals surface area contributed by atoms with Gasteiger partial charge in [-0.25, -0.2) is 14.3 Å². The Morgan fingerprint density at radius 2 is 2.26 bits per heavy atom. The fraction of sp³-hybridized carbons (Fsp3) is 0.0833. The van der Waals surface area contributed by atoms with Crippen molar-refractivity contribution in [2.75, 3.05) is 0 Å². The molecule has 0 aliphatic carbocycles. The summed E-state index contributed by atoms with van der Waals surface area (Å²) in [7, 11) is 0. The third-order valence-electron chi connectivity index (χ3n) is 2.49. The average molecular weight is 275 g/mol. The number of hydrogen-bond acceptors (Lipinski definition) is 5. The highest BCUT2D eigenvalue weighted by atomic mass is 32.2. The third-order valence-corrected chi connectivity index (χ3v) is 3.41. The summed E-state index contributed by atoms with van der Waals surface area (Å²) in [6.07, 6.45) is 1.48. The summed E-state index contributed by atoms with van der Waals surface area (Å²) >= 11 is 1.30. The number of carboxylic acid groups (broad SMARTS) is 1. The molecule has 3 rings (SSSR count). The molecule has 7 heteroatoms. The molecule has 0 aliphatic rings. The molecule has 0 aromatic carbocycles. The number of fused-ring (bicyclic) bond motifs is 1. The van der Waals surface area contributed by atoms with E-state index in [9.17, 15) is 4.79 Å². The second-order valence-electron chi connectivity index (χ2n) is 3.93. The number of furan rings is 1. The normalized spacial score (nSPS) is 11.0. The van der Waals surface area contributed by atoms with Crippen LogP contribution in [0.3, 0.4) is 0 Å². The smallest absolute Gasteiger partial charge is 0.371 e. The highest BCUT2D eigenvalue weighted by Gasteiger charge is 2.12. The number of aryl methyl sites for hydroxylation is 1. The Morgan fingerprint density at radius 1 is 1.42 bits per heavy atom. The molecule has 1 N–H and O–H groups in total. The highest BCUT2D eigenvalue weighted by Crippen LogP contribution is 2.30. The van der Waals surface area contributed by atoms with E-state index in [1.54, 1.807) is 10.6 Å². The minimum absolute atomic E-state index is 0.0787. The van der Waals surface area contributed by atoms with Gasteiger partial charge in [0.15, 0.2) is 10.7 Å². The predicted molar refractivity (Wildman–Crippen MR) is 67.5 cm³/mol. The van der Waals surface area contributed by atoms with Gasteiger partial charge in [-0.15, -0.1) is 0 Å². The number of carbonyl (C=O) groups is 1. The molecule has 0 unspecified atom stereocenters. The van der Waals surface area contributed by atoms with Crippen molar-refractivity contribution in [3.8, 4) is 0 Å². The Bertz CT molecular complexity index is 763. The lowest BCUT2D eigenvalue weighted by Crippen LogP contribution is -1.93. The molecule has 6 nitrogen and oxygen atoms in total. The lowest BCUT2D eigenvalue weighted by molar-refractivity contribution is 0.0656. The van der Waals surface area contributed by atoms with Crippen molar-refractivity contribution in [1.82, 2.24) is 14.6 Å². The van der Waals surface area contributed by atoms with Crippen molar-refractivity contribution in [3.63, 3.8) is 0 Å². The van der Waals surface area contributed by atoms with Gasteiger partial charge in [-0.1, -0.05) is 0 Å². The van der Waals surface area contributed by atoms with E-state index < -0.39 is 5.97 Å². The van der Waals surface area contributed by atoms with Crippen LogP contribution in [0.4, 0.5) is 0 Å². The molecule has 0 fully saturated rings. The summed E-state index contributed by atoms with van der Waals surface area (Å²) in [5, 5.41) is 14.3. The van der Waals surface area contributed by atoms with E-state index in [2.05, 4.69) is 10.1 Å². The van der Waals surface area contributed by atoms with E-state index in [1.807, 2.05) is 19.1 Å². The zero-order valence-corrected chi connectivity index (χ0v) is 10.7. The Labute approximate surface area is 112 Å². The lowest BCUT2D eigenvalue weighted by atomic mass is 10.3. The largest absolute Gasteiger partial charge is 0.475 e. The van der Waals surface area contributed by atoms with Crippen LogP contribution < -0.4 is 0 Å². The van der Waals surface area contributed by atoms with Gasteiger partial charge in [0.1, 0.15) is 11.4 Å². The summed E-state index contributed by atoms with van der Waals surface area (Å²) in [5.41, 5.74) is 1.79. The SMILES string of the molecule is Cc1cc(Sc2ccc(C(=O)O)o2)n2ncnc2c1. The van der Waals surface area contributed by atoms with Crippen molar-refractivity contribution < 1.29 is 14.3 Å². The van der Waals surface area contributed by atoms with Crippen LogP contribution in [0.1, 0.15) is 16.1 Å². The first-order valence-electron chi connectivity index (χ1n) is 5.45. The van der Waals surface area contributed by atoms with Crippen molar-refractivity contribution in [2.24, 2.45) is 0 Å². The molecule has 0 saturated heterocycles. The summed E-state index contributed by atoms with van der Waals surface area (Å²) in [5.74, 6) is -1.16. The predicted octanol–water partition coefficient (Wildman–Crippen LogP) is 2.48. The second-order valence-corrected chi connectivity index (χ2v) is 4.95. The molecule has 0 spiro atoms. The maximum atomic E-state index is 10.8. The van der Waals surface area contributed by atoms with Gasteiger partial charge < -0.3 is 9.52 Å². The number of rotatable bonds is 3. The summed E-state index contributed by atoms with van der Waals surface area (Å²) < 4.78 is 6.90. The molecular weight excluding hydrogens is 266 g/mol. The molecule has 0 amide bonds. The second kappa shape index (κ2) is 4.43. The van der Waals surface area contributed by atoms with E-state index in [-0.39, 0.29) is 5.76 Å². The van der Waals surface area contributed by atoms with E-state index in [4.69, 9.17) is 9.52 Å². The molecule has 96 valence electrons. The van der Waals surface area contributed by atoms with Crippen molar-refractivity contribution >= 4 is 23.4 Å². The highest BCUT2D eigenvalue weighted by molar-refractivity contribution is 7.99. The van der Waals surface area contributed by atoms with Gasteiger partial charge in [-0.2, -0.15) is 5.10 Å². The molecule has 0 aliphatic heterocycles. The lowest BCUT2D eigenvalue weighted by Gasteiger charge is -2.03. The molecule has 0 bridgehead atoms. The van der Waals surface area contributed by atoms with Gasteiger partial charge in [-0.05, 0) is 48.5 Å². The van der Waals surface area contributed by atoms with E-state index >= 15 is 0 Å². The first-order chi connectivity index (χ1) is 9.13. The van der Waals surface area contributed by atoms with Crippen LogP contribution in [0.5, 0.6) is 0 Å². The van der Waals surface area contributed by atoms with Crippen molar-refractivity contribution in [3.05, 3.63) is 41.9 Å². The maximum absolute atomic E-state index is 10.8. The molecule has 3 heterocycles. The molecule has 0 radical (unpaired) electrons. The fourth-order valence-electron chi connectivity index (χ4n) is 1.69. The van der Waals surface area contributed by atoms with Crippen LogP contribution in [0.15, 0.2) is 45.1 Å². The van der Waals surface area contributed by atoms with Gasteiger partial charge in [0.2, 0.25) is 5.76 Å². The summed E-state index contributed by atoms with van der Waals surface area (Å²) in [6, 6.07) is 6.91. The van der Waals surface area contributed by atoms with Gasteiger partial charge in [0, 0.05) is 0 Å². The molecular formula is C12H9N3O3S. The first kappa shape index (κ1) is 11.8. The van der Waals surface area contributed by atoms with Crippen LogP contribution in [-0.4, -0.2) is 25.7 Å². The van der Waals surface area contributed by atoms with Gasteiger partial charge >= 0.3 is 5.97 Å². The van der Waals surface area contributed by atoms with Gasteiger partial charge in [0.25, 0.3) is 0 Å². The number of hydrogen-bond donors (Lipinski definition) is 1. The molecule has 3 aromatic rings. The van der Waals surface area contributed by atoms with Crippen molar-refractivity contribution in [1.29, 1.82) is 0 Å². The van der Waals surface area contributed by atoms with Crippen molar-refractivity contribution in [2.45, 2.75) is 17.0 Å². The minimum atomic E-state index is -1.08. The van der Waals surface area contributed by atoms with E-state index in [1.165, 1.54) is 24.2 Å². The zero-order chi connectivity index (χ0) is 13.4. The summed E-state index contributed by atoms with van der Waals surface area (Å²) in [6.45, 7) is 1.96. The first-order valence-corrected chi connectivity index (χ1v) is 6.26. The fourth-order valence-corrected chi connectivity index (χ4v) is 2.63. The molecule has 0 atom stereocenters. The Balaban J connectivity index is 2.00. The van der Waals surface area contributed by atoms with Gasteiger partial charge in [0.05, 0.1) is 0 Å². The maximum Gasteiger partial charge on any atom is 0.371 e. The quantitative estimate of drug-likeness (QED) is 0.791. The third kappa shape index (κ3) is 2.19.